The largest absolute Gasteiger partial charge is 2.00 e. The van der Waals surface area contributed by atoms with Crippen LogP contribution in [0.25, 0.3) is 0 Å². The van der Waals surface area contributed by atoms with E-state index >= 15 is 0 Å². The van der Waals surface area contributed by atoms with Gasteiger partial charge in [0.05, 0.1) is 0 Å². The fourth-order valence-corrected chi connectivity index (χ4v) is 1.28. The smallest absolute Gasteiger partial charge is 2.00 e. The van der Waals surface area contributed by atoms with E-state index in [-0.39, 0.29) is 22.5 Å². The van der Waals surface area contributed by atoms with Crippen LogP contribution >= 0.6 is 0 Å². The van der Waals surface area contributed by atoms with Crippen molar-refractivity contribution in [2.24, 2.45) is 0 Å². The van der Waals surface area contributed by atoms with Crippen molar-refractivity contribution in [3.05, 3.63) is 0 Å². The van der Waals surface area contributed by atoms with Crippen LogP contribution in [0.3, 0.4) is 0 Å². The van der Waals surface area contributed by atoms with Crippen LogP contribution < -0.4 is 0 Å². The van der Waals surface area contributed by atoms with Crippen molar-refractivity contribution in [2.45, 2.75) is 37.7 Å². The summed E-state index contributed by atoms with van der Waals surface area (Å²) in [5.41, 5.74) is -0.752. The molecule has 64 valence electrons. The molecule has 1 fully saturated rings. The number of rotatable bonds is 0. The summed E-state index contributed by atoms with van der Waals surface area (Å²) in [4.78, 5) is 0. The van der Waals surface area contributed by atoms with Crippen molar-refractivity contribution < 1.29 is 27.7 Å². The van der Waals surface area contributed by atoms with E-state index in [9.17, 15) is 5.11 Å². The van der Waals surface area contributed by atoms with E-state index in [0.29, 0.717) is 0 Å². The average molecular weight is 196 g/mol. The third-order valence-corrected chi connectivity index (χ3v) is 1.95. The molecule has 0 bridgehead atoms. The van der Waals surface area contributed by atoms with E-state index in [2.05, 4.69) is 5.92 Å². The molecule has 0 amide bonds. The molecule has 1 saturated carbocycles. The van der Waals surface area contributed by atoms with Gasteiger partial charge in [-0.05, 0) is 25.7 Å². The maximum absolute atomic E-state index is 9.44. The minimum Gasteiger partial charge on any atom is -2.00 e. The maximum atomic E-state index is 9.44. The summed E-state index contributed by atoms with van der Waals surface area (Å²) in [6, 6.07) is 0. The summed E-state index contributed by atoms with van der Waals surface area (Å²) >= 11 is 0. The molecule has 0 aromatic carbocycles. The second kappa shape index (κ2) is 5.62. The first-order valence-corrected chi connectivity index (χ1v) is 3.47. The molecule has 1 aliphatic rings. The van der Waals surface area contributed by atoms with Gasteiger partial charge in [-0.15, -0.1) is 6.42 Å². The topological polar surface area (TPSA) is 48.7 Å². The maximum Gasteiger partial charge on any atom is 2.00 e. The van der Waals surface area contributed by atoms with Crippen molar-refractivity contribution in [1.29, 1.82) is 0 Å². The van der Waals surface area contributed by atoms with Crippen LogP contribution in [0, 0.1) is 12.3 Å². The molecule has 0 spiro atoms. The van der Waals surface area contributed by atoms with Crippen LogP contribution in [0.15, 0.2) is 0 Å². The van der Waals surface area contributed by atoms with Gasteiger partial charge in [0.15, 0.2) is 0 Å². The summed E-state index contributed by atoms with van der Waals surface area (Å²) < 4.78 is 0. The first kappa shape index (κ1) is 13.6. The van der Waals surface area contributed by atoms with E-state index < -0.39 is 5.60 Å². The van der Waals surface area contributed by atoms with Crippen LogP contribution in [0.1, 0.15) is 32.1 Å². The molecular weight excluding hydrogens is 184 g/mol. The molecule has 0 unspecified atom stereocenters. The SMILES string of the molecule is C#CC1(O)CCCCC1.[Fe+2].[O-2]. The van der Waals surface area contributed by atoms with Gasteiger partial charge in [-0.3, -0.25) is 0 Å². The number of hydrogen-bond donors (Lipinski definition) is 1. The van der Waals surface area contributed by atoms with E-state index in [1.807, 2.05) is 0 Å². The monoisotopic (exact) mass is 196 g/mol. The molecule has 0 radical (unpaired) electrons. The molecule has 0 heterocycles. The molecule has 3 heteroatoms. The minimum absolute atomic E-state index is 0. The van der Waals surface area contributed by atoms with Gasteiger partial charge in [0.2, 0.25) is 0 Å². The minimum atomic E-state index is -0.752. The third-order valence-electron chi connectivity index (χ3n) is 1.95. The predicted molar refractivity (Wildman–Crippen MR) is 37.6 cm³/mol. The van der Waals surface area contributed by atoms with E-state index in [1.165, 1.54) is 6.42 Å². The predicted octanol–water partition coefficient (Wildman–Crippen LogP) is 1.19. The first-order chi connectivity index (χ1) is 4.27. The van der Waals surface area contributed by atoms with Crippen LogP contribution in [0.2, 0.25) is 0 Å². The molecule has 0 aromatic rings. The third kappa shape index (κ3) is 3.79. The standard InChI is InChI=1S/C8H12O.Fe.O/c1-2-8(9)6-4-3-5-7-8;;/h1,9H,3-7H2;;/q;+2;-2. The summed E-state index contributed by atoms with van der Waals surface area (Å²) in [6.07, 6.45) is 10.1. The van der Waals surface area contributed by atoms with Gasteiger partial charge in [-0.25, -0.2) is 0 Å². The fraction of sp³-hybridized carbons (Fsp3) is 0.750. The van der Waals surface area contributed by atoms with Gasteiger partial charge >= 0.3 is 17.1 Å². The van der Waals surface area contributed by atoms with Crippen molar-refractivity contribution >= 4 is 0 Å². The molecule has 0 aromatic heterocycles. The molecule has 1 rings (SSSR count). The van der Waals surface area contributed by atoms with E-state index in [1.54, 1.807) is 0 Å². The van der Waals surface area contributed by atoms with Crippen molar-refractivity contribution in [1.82, 2.24) is 0 Å². The molecule has 1 aliphatic carbocycles. The van der Waals surface area contributed by atoms with Crippen LogP contribution in [-0.4, -0.2) is 10.7 Å². The Hall–Kier alpha value is -0.000519. The van der Waals surface area contributed by atoms with Gasteiger partial charge in [0, 0.05) is 0 Å². The fourth-order valence-electron chi connectivity index (χ4n) is 1.28. The average Bonchev–Trinajstić information content (AvgIpc) is 1.90. The van der Waals surface area contributed by atoms with Gasteiger partial charge < -0.3 is 10.6 Å². The Bertz CT molecular complexity index is 134. The van der Waals surface area contributed by atoms with Gasteiger partial charge in [-0.2, -0.15) is 0 Å². The second-order valence-corrected chi connectivity index (χ2v) is 2.74. The van der Waals surface area contributed by atoms with Crippen LogP contribution in [0.4, 0.5) is 0 Å². The number of aliphatic hydroxyl groups is 1. The summed E-state index contributed by atoms with van der Waals surface area (Å²) in [6.45, 7) is 0. The summed E-state index contributed by atoms with van der Waals surface area (Å²) in [5, 5.41) is 9.44. The zero-order valence-electron chi connectivity index (χ0n) is 6.32. The van der Waals surface area contributed by atoms with Gasteiger partial charge in [-0.1, -0.05) is 12.3 Å². The van der Waals surface area contributed by atoms with Crippen molar-refractivity contribution in [2.75, 3.05) is 0 Å². The molecule has 2 nitrogen and oxygen atoms in total. The summed E-state index contributed by atoms with van der Waals surface area (Å²) in [5.74, 6) is 2.44. The van der Waals surface area contributed by atoms with Crippen molar-refractivity contribution in [3.8, 4) is 12.3 Å². The first-order valence-electron chi connectivity index (χ1n) is 3.47. The number of hydrogen-bond acceptors (Lipinski definition) is 1. The van der Waals surface area contributed by atoms with E-state index in [0.717, 1.165) is 25.7 Å². The molecule has 0 atom stereocenters. The molecular formula is C8H12FeO2. The van der Waals surface area contributed by atoms with Crippen LogP contribution in [-0.2, 0) is 22.5 Å². The second-order valence-electron chi connectivity index (χ2n) is 2.74. The number of terminal acetylenes is 1. The molecule has 11 heavy (non-hydrogen) atoms. The van der Waals surface area contributed by atoms with Crippen LogP contribution in [0.5, 0.6) is 0 Å². The zero-order chi connectivity index (χ0) is 6.74. The Morgan fingerprint density at radius 1 is 1.18 bits per heavy atom. The Balaban J connectivity index is 0. The Labute approximate surface area is 78.2 Å². The quantitative estimate of drug-likeness (QED) is 0.459. The van der Waals surface area contributed by atoms with Crippen molar-refractivity contribution in [3.63, 3.8) is 0 Å². The van der Waals surface area contributed by atoms with Gasteiger partial charge in [0.25, 0.3) is 0 Å². The molecule has 1 N–H and O–H groups in total. The Morgan fingerprint density at radius 3 is 1.91 bits per heavy atom. The molecule has 0 aliphatic heterocycles. The van der Waals surface area contributed by atoms with E-state index in [4.69, 9.17) is 6.42 Å². The summed E-state index contributed by atoms with van der Waals surface area (Å²) in [7, 11) is 0. The van der Waals surface area contributed by atoms with Gasteiger partial charge in [0.1, 0.15) is 5.60 Å². The normalized spacial score (nSPS) is 20.4. The Morgan fingerprint density at radius 2 is 1.64 bits per heavy atom. The zero-order valence-corrected chi connectivity index (χ0v) is 7.43. The molecule has 0 saturated heterocycles. The Kier molecular flexibility index (Phi) is 6.94.